The van der Waals surface area contributed by atoms with Gasteiger partial charge in [-0.05, 0) is 35.9 Å². The van der Waals surface area contributed by atoms with Crippen LogP contribution >= 0.6 is 11.6 Å². The third-order valence-electron chi connectivity index (χ3n) is 4.53. The molecule has 10 heteroatoms. The second-order valence-corrected chi connectivity index (χ2v) is 7.42. The van der Waals surface area contributed by atoms with Crippen molar-refractivity contribution in [3.63, 3.8) is 0 Å². The van der Waals surface area contributed by atoms with E-state index in [9.17, 15) is 18.0 Å². The van der Waals surface area contributed by atoms with Crippen LogP contribution in [0.1, 0.15) is 15.9 Å². The van der Waals surface area contributed by atoms with E-state index < -0.39 is 18.7 Å². The van der Waals surface area contributed by atoms with Crippen LogP contribution < -0.4 is 24.3 Å². The van der Waals surface area contributed by atoms with Crippen LogP contribution in [0.4, 0.5) is 18.9 Å². The van der Waals surface area contributed by atoms with Gasteiger partial charge in [0.2, 0.25) is 5.75 Å². The van der Waals surface area contributed by atoms with Crippen LogP contribution in [0.3, 0.4) is 0 Å². The van der Waals surface area contributed by atoms with Gasteiger partial charge in [-0.1, -0.05) is 41.9 Å². The largest absolute Gasteiger partial charge is 0.493 e. The summed E-state index contributed by atoms with van der Waals surface area (Å²) >= 11 is 5.95. The molecule has 1 amide bonds. The van der Waals surface area contributed by atoms with Gasteiger partial charge in [0.05, 0.1) is 19.9 Å². The van der Waals surface area contributed by atoms with Crippen molar-refractivity contribution in [2.75, 3.05) is 26.1 Å². The number of benzene rings is 3. The number of nitrogens with one attached hydrogen (secondary N) is 1. The molecule has 3 aromatic carbocycles. The highest BCUT2D eigenvalue weighted by atomic mass is 35.5. The number of rotatable bonds is 9. The molecule has 0 spiro atoms. The normalized spacial score (nSPS) is 11.0. The van der Waals surface area contributed by atoms with Gasteiger partial charge in [-0.2, -0.15) is 13.2 Å². The predicted octanol–water partition coefficient (Wildman–Crippen LogP) is 6.13. The van der Waals surface area contributed by atoms with Crippen molar-refractivity contribution in [3.05, 3.63) is 76.8 Å². The summed E-state index contributed by atoms with van der Waals surface area (Å²) in [4.78, 5) is 12.9. The fourth-order valence-electron chi connectivity index (χ4n) is 2.96. The summed E-state index contributed by atoms with van der Waals surface area (Å²) in [6.45, 7) is -1.28. The summed E-state index contributed by atoms with van der Waals surface area (Å²) < 4.78 is 59.2. The maximum atomic E-state index is 12.9. The Bertz CT molecular complexity index is 1110. The van der Waals surface area contributed by atoms with Gasteiger partial charge in [-0.25, -0.2) is 0 Å². The van der Waals surface area contributed by atoms with Gasteiger partial charge in [-0.3, -0.25) is 4.79 Å². The average Bonchev–Trinajstić information content (AvgIpc) is 2.81. The molecule has 0 aliphatic heterocycles. The number of anilines is 1. The summed E-state index contributed by atoms with van der Waals surface area (Å²) in [5, 5.41) is 2.72. The lowest BCUT2D eigenvalue weighted by molar-refractivity contribution is -0.153. The highest BCUT2D eigenvalue weighted by molar-refractivity contribution is 6.31. The molecule has 0 saturated carbocycles. The number of amides is 1. The molecule has 0 unspecified atom stereocenters. The number of ether oxygens (including phenoxy) is 4. The maximum absolute atomic E-state index is 12.9. The molecule has 3 aromatic rings. The van der Waals surface area contributed by atoms with E-state index in [0.717, 1.165) is 5.56 Å². The molecular formula is C24H21ClF3NO5. The van der Waals surface area contributed by atoms with Crippen molar-refractivity contribution in [2.45, 2.75) is 12.8 Å². The van der Waals surface area contributed by atoms with Gasteiger partial charge in [-0.15, -0.1) is 0 Å². The molecule has 0 atom stereocenters. The van der Waals surface area contributed by atoms with E-state index in [1.165, 1.54) is 44.6 Å². The molecule has 34 heavy (non-hydrogen) atoms. The minimum atomic E-state index is -4.54. The van der Waals surface area contributed by atoms with Crippen LogP contribution in [-0.4, -0.2) is 32.9 Å². The molecule has 1 N–H and O–H groups in total. The maximum Gasteiger partial charge on any atom is 0.422 e. The molecule has 0 radical (unpaired) electrons. The molecule has 0 bridgehead atoms. The summed E-state index contributed by atoms with van der Waals surface area (Å²) in [5.74, 6) is -0.0651. The smallest absolute Gasteiger partial charge is 0.422 e. The van der Waals surface area contributed by atoms with Gasteiger partial charge >= 0.3 is 6.18 Å². The standard InChI is InChI=1S/C24H21ClF3NO5/c1-31-20-10-16(11-21(32-2)22(20)33-13-15-6-4-3-5-7-15)23(30)29-18-12-17(25)8-9-19(18)34-14-24(26,27)28/h3-12H,13-14H2,1-2H3,(H,29,30). The lowest BCUT2D eigenvalue weighted by Gasteiger charge is -2.17. The Balaban J connectivity index is 1.84. The Labute approximate surface area is 199 Å². The zero-order chi connectivity index (χ0) is 24.7. The van der Waals surface area contributed by atoms with Crippen LogP contribution in [0.25, 0.3) is 0 Å². The molecule has 0 fully saturated rings. The van der Waals surface area contributed by atoms with Crippen LogP contribution in [0, 0.1) is 0 Å². The SMILES string of the molecule is COc1cc(C(=O)Nc2cc(Cl)ccc2OCC(F)(F)F)cc(OC)c1OCc1ccccc1. The summed E-state index contributed by atoms with van der Waals surface area (Å²) in [5.41, 5.74) is 1.01. The average molecular weight is 496 g/mol. The molecule has 0 aliphatic rings. The number of carbonyl (C=O) groups is 1. The number of hydrogen-bond acceptors (Lipinski definition) is 5. The Morgan fingerprint density at radius 1 is 0.912 bits per heavy atom. The van der Waals surface area contributed by atoms with Gasteiger partial charge in [0.15, 0.2) is 18.1 Å². The van der Waals surface area contributed by atoms with Crippen LogP contribution in [0.15, 0.2) is 60.7 Å². The van der Waals surface area contributed by atoms with E-state index in [-0.39, 0.29) is 40.1 Å². The highest BCUT2D eigenvalue weighted by Gasteiger charge is 2.29. The van der Waals surface area contributed by atoms with E-state index >= 15 is 0 Å². The third kappa shape index (κ3) is 6.71. The van der Waals surface area contributed by atoms with Gasteiger partial charge < -0.3 is 24.3 Å². The van der Waals surface area contributed by atoms with Gasteiger partial charge in [0, 0.05) is 10.6 Å². The number of methoxy groups -OCH3 is 2. The van der Waals surface area contributed by atoms with Crippen molar-refractivity contribution < 1.29 is 36.9 Å². The molecule has 180 valence electrons. The second kappa shape index (κ2) is 11.0. The molecular weight excluding hydrogens is 475 g/mol. The number of alkyl halides is 3. The van der Waals surface area contributed by atoms with Gasteiger partial charge in [0.1, 0.15) is 12.4 Å². The van der Waals surface area contributed by atoms with E-state index in [1.54, 1.807) is 0 Å². The number of halogens is 4. The Kier molecular flexibility index (Phi) is 8.12. The third-order valence-corrected chi connectivity index (χ3v) is 4.77. The van der Waals surface area contributed by atoms with Crippen molar-refractivity contribution in [1.82, 2.24) is 0 Å². The molecule has 0 aliphatic carbocycles. The lowest BCUT2D eigenvalue weighted by Crippen LogP contribution is -2.20. The Morgan fingerprint density at radius 3 is 2.15 bits per heavy atom. The molecule has 0 saturated heterocycles. The van der Waals surface area contributed by atoms with Crippen molar-refractivity contribution in [1.29, 1.82) is 0 Å². The molecule has 3 rings (SSSR count). The first-order valence-electron chi connectivity index (χ1n) is 9.93. The quantitative estimate of drug-likeness (QED) is 0.387. The van der Waals surface area contributed by atoms with Crippen molar-refractivity contribution in [3.8, 4) is 23.0 Å². The number of carbonyl (C=O) groups excluding carboxylic acids is 1. The molecule has 6 nitrogen and oxygen atoms in total. The highest BCUT2D eigenvalue weighted by Crippen LogP contribution is 2.39. The van der Waals surface area contributed by atoms with Crippen molar-refractivity contribution >= 4 is 23.2 Å². The Hall–Kier alpha value is -3.59. The summed E-state index contributed by atoms with van der Waals surface area (Å²) in [6, 6.07) is 16.2. The summed E-state index contributed by atoms with van der Waals surface area (Å²) in [6.07, 6.45) is -4.54. The fourth-order valence-corrected chi connectivity index (χ4v) is 3.13. The Morgan fingerprint density at radius 2 is 1.56 bits per heavy atom. The lowest BCUT2D eigenvalue weighted by atomic mass is 10.1. The first-order chi connectivity index (χ1) is 16.2. The van der Waals surface area contributed by atoms with Crippen molar-refractivity contribution in [2.24, 2.45) is 0 Å². The van der Waals surface area contributed by atoms with Crippen LogP contribution in [-0.2, 0) is 6.61 Å². The fraction of sp³-hybridized carbons (Fsp3) is 0.208. The first kappa shape index (κ1) is 25.0. The van der Waals surface area contributed by atoms with Crippen LogP contribution in [0.2, 0.25) is 5.02 Å². The number of hydrogen-bond donors (Lipinski definition) is 1. The predicted molar refractivity (Wildman–Crippen MR) is 121 cm³/mol. The molecule has 0 aromatic heterocycles. The topological polar surface area (TPSA) is 66.0 Å². The first-order valence-corrected chi connectivity index (χ1v) is 10.3. The van der Waals surface area contributed by atoms with Crippen LogP contribution in [0.5, 0.6) is 23.0 Å². The zero-order valence-electron chi connectivity index (χ0n) is 18.2. The van der Waals surface area contributed by atoms with E-state index in [4.69, 9.17) is 30.5 Å². The van der Waals surface area contributed by atoms with E-state index in [2.05, 4.69) is 5.32 Å². The van der Waals surface area contributed by atoms with Gasteiger partial charge in [0.25, 0.3) is 5.91 Å². The second-order valence-electron chi connectivity index (χ2n) is 6.98. The van der Waals surface area contributed by atoms with E-state index in [0.29, 0.717) is 5.75 Å². The van der Waals surface area contributed by atoms with E-state index in [1.807, 2.05) is 30.3 Å². The zero-order valence-corrected chi connectivity index (χ0v) is 19.0. The molecule has 0 heterocycles. The summed E-state index contributed by atoms with van der Waals surface area (Å²) in [7, 11) is 2.82. The minimum absolute atomic E-state index is 0.0240. The minimum Gasteiger partial charge on any atom is -0.493 e. The monoisotopic (exact) mass is 495 g/mol.